The number of nitrogens with one attached hydrogen (secondary N) is 2. The molecule has 29 heavy (non-hydrogen) atoms. The molecule has 2 aliphatic heterocycles. The summed E-state index contributed by atoms with van der Waals surface area (Å²) in [5.74, 6) is -0.597. The number of likely N-dealkylation sites (N-methyl/N-ethyl adjacent to an activating group) is 1. The quantitative estimate of drug-likeness (QED) is 0.710. The number of hydrogen-bond acceptors (Lipinski definition) is 5. The van der Waals surface area contributed by atoms with Gasteiger partial charge in [-0.3, -0.25) is 14.5 Å². The van der Waals surface area contributed by atoms with E-state index in [9.17, 15) is 14.4 Å². The number of amides is 4. The van der Waals surface area contributed by atoms with Gasteiger partial charge >= 0.3 is 6.03 Å². The van der Waals surface area contributed by atoms with Gasteiger partial charge in [0.25, 0.3) is 5.91 Å². The Kier molecular flexibility index (Phi) is 5.16. The highest BCUT2D eigenvalue weighted by atomic mass is 35.5. The van der Waals surface area contributed by atoms with Crippen molar-refractivity contribution in [2.45, 2.75) is 25.3 Å². The Hall–Kier alpha value is -2.32. The fourth-order valence-electron chi connectivity index (χ4n) is 4.06. The first-order chi connectivity index (χ1) is 13.8. The van der Waals surface area contributed by atoms with Crippen LogP contribution in [0.5, 0.6) is 0 Å². The van der Waals surface area contributed by atoms with E-state index in [-0.39, 0.29) is 18.4 Å². The van der Waals surface area contributed by atoms with E-state index in [2.05, 4.69) is 27.5 Å². The monoisotopic (exact) mass is 419 g/mol. The highest BCUT2D eigenvalue weighted by molar-refractivity contribution is 6.31. The van der Waals surface area contributed by atoms with Gasteiger partial charge in [0.05, 0.1) is 11.4 Å². The van der Waals surface area contributed by atoms with Gasteiger partial charge in [0.15, 0.2) is 0 Å². The van der Waals surface area contributed by atoms with Crippen LogP contribution in [0.25, 0.3) is 0 Å². The summed E-state index contributed by atoms with van der Waals surface area (Å²) in [6.45, 7) is 4.96. The Morgan fingerprint density at radius 2 is 1.93 bits per heavy atom. The average molecular weight is 420 g/mol. The third kappa shape index (κ3) is 3.91. The average Bonchev–Trinajstić information content (AvgIpc) is 3.49. The van der Waals surface area contributed by atoms with E-state index < -0.39 is 17.5 Å². The van der Waals surface area contributed by atoms with E-state index in [1.807, 2.05) is 6.07 Å². The molecule has 1 atom stereocenters. The summed E-state index contributed by atoms with van der Waals surface area (Å²) in [6.07, 6.45) is 1.83. The molecular formula is C20H26ClN5O3. The number of nitrogens with zero attached hydrogens (tertiary/aromatic N) is 3. The lowest BCUT2D eigenvalue weighted by molar-refractivity contribution is -0.134. The van der Waals surface area contributed by atoms with Crippen molar-refractivity contribution in [3.05, 3.63) is 23.2 Å². The van der Waals surface area contributed by atoms with Gasteiger partial charge in [0, 0.05) is 31.2 Å². The molecule has 0 bridgehead atoms. The fourth-order valence-corrected chi connectivity index (χ4v) is 4.23. The molecule has 0 spiro atoms. The third-order valence-electron chi connectivity index (χ3n) is 6.07. The first-order valence-electron chi connectivity index (χ1n) is 9.95. The smallest absolute Gasteiger partial charge is 0.325 e. The molecule has 4 amide bonds. The summed E-state index contributed by atoms with van der Waals surface area (Å²) >= 11 is 6.15. The molecule has 1 saturated carbocycles. The summed E-state index contributed by atoms with van der Waals surface area (Å²) in [6, 6.07) is 4.88. The minimum absolute atomic E-state index is 0.156. The number of imide groups is 1. The number of piperazine rings is 1. The zero-order valence-corrected chi connectivity index (χ0v) is 17.5. The highest BCUT2D eigenvalue weighted by Gasteiger charge is 2.56. The van der Waals surface area contributed by atoms with Crippen LogP contribution in [0.1, 0.15) is 19.8 Å². The lowest BCUT2D eigenvalue weighted by Crippen LogP contribution is -2.46. The molecule has 2 saturated heterocycles. The molecule has 3 fully saturated rings. The van der Waals surface area contributed by atoms with Crippen LogP contribution in [-0.4, -0.2) is 73.0 Å². The molecule has 9 heteroatoms. The van der Waals surface area contributed by atoms with Gasteiger partial charge in [-0.1, -0.05) is 11.6 Å². The first kappa shape index (κ1) is 20.0. The van der Waals surface area contributed by atoms with Gasteiger partial charge in [-0.15, -0.1) is 0 Å². The Labute approximate surface area is 175 Å². The van der Waals surface area contributed by atoms with Gasteiger partial charge in [0.2, 0.25) is 5.91 Å². The van der Waals surface area contributed by atoms with E-state index in [1.165, 1.54) is 0 Å². The summed E-state index contributed by atoms with van der Waals surface area (Å²) in [5.41, 5.74) is 0.582. The van der Waals surface area contributed by atoms with Crippen LogP contribution >= 0.6 is 11.6 Å². The van der Waals surface area contributed by atoms with Crippen molar-refractivity contribution in [3.8, 4) is 0 Å². The number of urea groups is 1. The Morgan fingerprint density at radius 3 is 2.59 bits per heavy atom. The molecule has 1 unspecified atom stereocenters. The zero-order valence-electron chi connectivity index (χ0n) is 16.7. The minimum atomic E-state index is -0.890. The minimum Gasteiger partial charge on any atom is -0.367 e. The molecule has 4 rings (SSSR count). The molecule has 2 heterocycles. The molecule has 156 valence electrons. The van der Waals surface area contributed by atoms with Crippen LogP contribution in [0.3, 0.4) is 0 Å². The van der Waals surface area contributed by atoms with Crippen molar-refractivity contribution in [1.82, 2.24) is 15.1 Å². The number of halogens is 1. The molecule has 1 aromatic carbocycles. The maximum absolute atomic E-state index is 12.7. The van der Waals surface area contributed by atoms with Crippen LogP contribution in [0.15, 0.2) is 18.2 Å². The van der Waals surface area contributed by atoms with Crippen LogP contribution in [0.4, 0.5) is 16.2 Å². The normalized spacial score (nSPS) is 25.3. The van der Waals surface area contributed by atoms with Gasteiger partial charge < -0.3 is 20.4 Å². The molecule has 0 radical (unpaired) electrons. The lowest BCUT2D eigenvalue weighted by Gasteiger charge is -2.35. The lowest BCUT2D eigenvalue weighted by atomic mass is 9.96. The number of benzene rings is 1. The predicted octanol–water partition coefficient (Wildman–Crippen LogP) is 1.75. The maximum atomic E-state index is 12.7. The van der Waals surface area contributed by atoms with E-state index in [0.717, 1.165) is 49.6 Å². The topological polar surface area (TPSA) is 85.0 Å². The van der Waals surface area contributed by atoms with E-state index in [0.29, 0.717) is 10.7 Å². The van der Waals surface area contributed by atoms with Crippen LogP contribution < -0.4 is 15.5 Å². The summed E-state index contributed by atoms with van der Waals surface area (Å²) in [4.78, 5) is 43.2. The number of rotatable bonds is 5. The zero-order chi connectivity index (χ0) is 20.8. The number of carbonyl (C=O) groups is 3. The predicted molar refractivity (Wildman–Crippen MR) is 111 cm³/mol. The molecule has 1 aromatic rings. The second kappa shape index (κ2) is 7.50. The van der Waals surface area contributed by atoms with Crippen molar-refractivity contribution < 1.29 is 14.4 Å². The highest BCUT2D eigenvalue weighted by Crippen LogP contribution is 2.42. The summed E-state index contributed by atoms with van der Waals surface area (Å²) < 4.78 is 0. The van der Waals surface area contributed by atoms with Crippen molar-refractivity contribution in [2.75, 3.05) is 50.0 Å². The van der Waals surface area contributed by atoms with E-state index >= 15 is 0 Å². The Morgan fingerprint density at radius 1 is 1.24 bits per heavy atom. The third-order valence-corrected chi connectivity index (χ3v) is 6.31. The van der Waals surface area contributed by atoms with Gasteiger partial charge in [0.1, 0.15) is 12.1 Å². The Balaban J connectivity index is 1.46. The number of hydrogen-bond donors (Lipinski definition) is 2. The summed E-state index contributed by atoms with van der Waals surface area (Å²) in [7, 11) is 2.08. The summed E-state index contributed by atoms with van der Waals surface area (Å²) in [5, 5.41) is 6.12. The molecular weight excluding hydrogens is 394 g/mol. The first-order valence-corrected chi connectivity index (χ1v) is 10.3. The number of carbonyl (C=O) groups excluding carboxylic acids is 3. The molecule has 3 aliphatic rings. The van der Waals surface area contributed by atoms with Crippen molar-refractivity contribution in [1.29, 1.82) is 0 Å². The molecule has 1 aliphatic carbocycles. The van der Waals surface area contributed by atoms with Gasteiger partial charge in [-0.2, -0.15) is 0 Å². The number of anilines is 2. The van der Waals surface area contributed by atoms with Crippen LogP contribution in [-0.2, 0) is 9.59 Å². The molecule has 2 N–H and O–H groups in total. The Bertz CT molecular complexity index is 851. The van der Waals surface area contributed by atoms with E-state index in [4.69, 9.17) is 11.6 Å². The SMILES string of the molecule is CN1CCN(c2ccc(Cl)cc2NC(=O)CN2C(=O)NC(C)(C3CC3)C2=O)CC1. The maximum Gasteiger partial charge on any atom is 0.325 e. The van der Waals surface area contributed by atoms with Crippen molar-refractivity contribution in [2.24, 2.45) is 5.92 Å². The molecule has 0 aromatic heterocycles. The van der Waals surface area contributed by atoms with Crippen molar-refractivity contribution in [3.63, 3.8) is 0 Å². The van der Waals surface area contributed by atoms with Crippen LogP contribution in [0, 0.1) is 5.92 Å². The van der Waals surface area contributed by atoms with E-state index in [1.54, 1.807) is 19.1 Å². The van der Waals surface area contributed by atoms with Gasteiger partial charge in [-0.25, -0.2) is 4.79 Å². The molecule has 8 nitrogen and oxygen atoms in total. The standard InChI is InChI=1S/C20H26ClN5O3/c1-20(13-3-4-13)18(28)26(19(29)23-20)12-17(27)22-15-11-14(21)5-6-16(15)25-9-7-24(2)8-10-25/h5-6,11,13H,3-4,7-10,12H2,1-2H3,(H,22,27)(H,23,29). The van der Waals surface area contributed by atoms with Crippen molar-refractivity contribution >= 4 is 40.8 Å². The second-order valence-electron chi connectivity index (χ2n) is 8.30. The second-order valence-corrected chi connectivity index (χ2v) is 8.73. The van der Waals surface area contributed by atoms with Crippen LogP contribution in [0.2, 0.25) is 5.02 Å². The van der Waals surface area contributed by atoms with Gasteiger partial charge in [-0.05, 0) is 50.9 Å². The largest absolute Gasteiger partial charge is 0.367 e. The fraction of sp³-hybridized carbons (Fsp3) is 0.550.